The van der Waals surface area contributed by atoms with Crippen LogP contribution >= 0.6 is 27.5 Å². The second kappa shape index (κ2) is 9.63. The molecule has 27 heavy (non-hydrogen) atoms. The van der Waals surface area contributed by atoms with Gasteiger partial charge in [0, 0.05) is 20.6 Å². The number of aryl methyl sites for hydroxylation is 1. The first-order valence-electron chi connectivity index (χ1n) is 9.57. The molecule has 0 unspecified atom stereocenters. The van der Waals surface area contributed by atoms with E-state index in [0.717, 1.165) is 70.7 Å². The number of H-pyrrole nitrogens is 1. The summed E-state index contributed by atoms with van der Waals surface area (Å²) in [5.74, 6) is 0.914. The van der Waals surface area contributed by atoms with Crippen LogP contribution in [0.1, 0.15) is 38.2 Å². The van der Waals surface area contributed by atoms with E-state index in [1.165, 1.54) is 10.9 Å². The van der Waals surface area contributed by atoms with Crippen LogP contribution in [0.2, 0.25) is 5.02 Å². The molecular weight excluding hydrogens is 424 g/mol. The minimum absolute atomic E-state index is 0.714. The summed E-state index contributed by atoms with van der Waals surface area (Å²) in [7, 11) is 0. The highest BCUT2D eigenvalue weighted by Gasteiger charge is 2.15. The zero-order valence-electron chi connectivity index (χ0n) is 15.7. The summed E-state index contributed by atoms with van der Waals surface area (Å²) in [6, 6.07) is 12.3. The third-order valence-corrected chi connectivity index (χ3v) is 5.57. The number of aromatic nitrogens is 1. The van der Waals surface area contributed by atoms with Gasteiger partial charge >= 0.3 is 0 Å². The summed E-state index contributed by atoms with van der Waals surface area (Å²) >= 11 is 9.95. The summed E-state index contributed by atoms with van der Waals surface area (Å²) in [4.78, 5) is 3.60. The number of unbranched alkanes of at least 4 members (excludes halogenated alkanes) is 2. The second-order valence-electron chi connectivity index (χ2n) is 6.76. The lowest BCUT2D eigenvalue weighted by molar-refractivity contribution is 0.309. The Morgan fingerprint density at radius 2 is 1.89 bits per heavy atom. The first-order valence-corrected chi connectivity index (χ1v) is 10.7. The number of nitrogens with one attached hydrogen (secondary N) is 1. The summed E-state index contributed by atoms with van der Waals surface area (Å²) in [5.41, 5.74) is 10.4. The van der Waals surface area contributed by atoms with Gasteiger partial charge in [0.2, 0.25) is 0 Å². The van der Waals surface area contributed by atoms with Gasteiger partial charge in [-0.25, -0.2) is 0 Å². The predicted molar refractivity (Wildman–Crippen MR) is 119 cm³/mol. The van der Waals surface area contributed by atoms with E-state index in [4.69, 9.17) is 22.1 Å². The number of benzene rings is 2. The van der Waals surface area contributed by atoms with Crippen LogP contribution < -0.4 is 10.5 Å². The van der Waals surface area contributed by atoms with Crippen molar-refractivity contribution in [3.8, 4) is 17.0 Å². The van der Waals surface area contributed by atoms with Crippen molar-refractivity contribution in [1.82, 2.24) is 4.98 Å². The van der Waals surface area contributed by atoms with Crippen LogP contribution in [-0.4, -0.2) is 18.1 Å². The summed E-state index contributed by atoms with van der Waals surface area (Å²) < 4.78 is 6.77. The molecule has 0 bridgehead atoms. The van der Waals surface area contributed by atoms with E-state index in [9.17, 15) is 0 Å². The topological polar surface area (TPSA) is 51.0 Å². The average Bonchev–Trinajstić information content (AvgIpc) is 3.02. The minimum Gasteiger partial charge on any atom is -0.494 e. The largest absolute Gasteiger partial charge is 0.494 e. The van der Waals surface area contributed by atoms with Gasteiger partial charge in [0.1, 0.15) is 5.75 Å². The Hall–Kier alpha value is -1.49. The minimum atomic E-state index is 0.714. The number of ether oxygens (including phenoxy) is 1. The lowest BCUT2D eigenvalue weighted by Gasteiger charge is -2.08. The number of hydrogen-bond acceptors (Lipinski definition) is 2. The maximum atomic E-state index is 6.31. The van der Waals surface area contributed by atoms with Crippen molar-refractivity contribution in [3.63, 3.8) is 0 Å². The molecule has 2 aromatic carbocycles. The summed E-state index contributed by atoms with van der Waals surface area (Å²) in [6.45, 7) is 3.64. The van der Waals surface area contributed by atoms with Gasteiger partial charge in [-0.3, -0.25) is 0 Å². The number of nitrogens with two attached hydrogens (primary N) is 1. The maximum absolute atomic E-state index is 6.31. The molecule has 0 amide bonds. The normalized spacial score (nSPS) is 11.3. The summed E-state index contributed by atoms with van der Waals surface area (Å²) in [5, 5.41) is 1.91. The molecule has 0 aliphatic heterocycles. The Bertz CT molecular complexity index is 889. The third kappa shape index (κ3) is 4.87. The van der Waals surface area contributed by atoms with Crippen molar-refractivity contribution >= 4 is 38.4 Å². The van der Waals surface area contributed by atoms with Crippen molar-refractivity contribution in [2.24, 2.45) is 5.73 Å². The number of fused-ring (bicyclic) bond motifs is 1. The SMILES string of the molecule is CCCCOc1ccc(-c2[nH]c3c(Br)cc(Cl)cc3c2CCCCN)cc1. The van der Waals surface area contributed by atoms with Gasteiger partial charge in [0.05, 0.1) is 12.1 Å². The van der Waals surface area contributed by atoms with Gasteiger partial charge in [-0.15, -0.1) is 0 Å². The van der Waals surface area contributed by atoms with Gasteiger partial charge < -0.3 is 15.5 Å². The second-order valence-corrected chi connectivity index (χ2v) is 8.05. The Kier molecular flexibility index (Phi) is 7.22. The molecule has 3 rings (SSSR count). The standard InChI is InChI=1S/C22H26BrClN2O/c1-2-3-12-27-17-9-7-15(8-10-17)21-18(6-4-5-11-25)19-13-16(24)14-20(23)22(19)26-21/h7-10,13-14,26H,2-6,11-12,25H2,1H3. The highest BCUT2D eigenvalue weighted by atomic mass is 79.9. The van der Waals surface area contributed by atoms with E-state index >= 15 is 0 Å². The predicted octanol–water partition coefficient (Wildman–Crippen LogP) is 6.71. The van der Waals surface area contributed by atoms with Gasteiger partial charge in [-0.1, -0.05) is 24.9 Å². The van der Waals surface area contributed by atoms with E-state index in [0.29, 0.717) is 6.54 Å². The first kappa shape index (κ1) is 20.2. The highest BCUT2D eigenvalue weighted by molar-refractivity contribution is 9.10. The third-order valence-electron chi connectivity index (χ3n) is 4.72. The molecular formula is C22H26BrClN2O. The molecule has 3 N–H and O–H groups in total. The zero-order valence-corrected chi connectivity index (χ0v) is 18.0. The Morgan fingerprint density at radius 3 is 2.59 bits per heavy atom. The van der Waals surface area contributed by atoms with Crippen molar-refractivity contribution in [2.75, 3.05) is 13.2 Å². The lowest BCUT2D eigenvalue weighted by Crippen LogP contribution is -1.99. The molecule has 0 saturated carbocycles. The van der Waals surface area contributed by atoms with Crippen LogP contribution in [0.5, 0.6) is 5.75 Å². The van der Waals surface area contributed by atoms with Crippen LogP contribution in [0.3, 0.4) is 0 Å². The van der Waals surface area contributed by atoms with Crippen molar-refractivity contribution in [1.29, 1.82) is 0 Å². The lowest BCUT2D eigenvalue weighted by atomic mass is 10.0. The molecule has 0 aliphatic carbocycles. The Morgan fingerprint density at radius 1 is 1.11 bits per heavy atom. The molecule has 5 heteroatoms. The molecule has 3 aromatic rings. The van der Waals surface area contributed by atoms with Gasteiger partial charge in [0.15, 0.2) is 0 Å². The molecule has 0 fully saturated rings. The fourth-order valence-electron chi connectivity index (χ4n) is 3.28. The molecule has 1 aromatic heterocycles. The fraction of sp³-hybridized carbons (Fsp3) is 0.364. The maximum Gasteiger partial charge on any atom is 0.119 e. The van der Waals surface area contributed by atoms with E-state index < -0.39 is 0 Å². The summed E-state index contributed by atoms with van der Waals surface area (Å²) in [6.07, 6.45) is 5.24. The van der Waals surface area contributed by atoms with Crippen LogP contribution in [0, 0.1) is 0 Å². The average molecular weight is 450 g/mol. The molecule has 1 heterocycles. The van der Waals surface area contributed by atoms with E-state index in [1.54, 1.807) is 0 Å². The smallest absolute Gasteiger partial charge is 0.119 e. The molecule has 0 radical (unpaired) electrons. The Labute approximate surface area is 174 Å². The van der Waals surface area contributed by atoms with Crippen molar-refractivity contribution in [2.45, 2.75) is 39.0 Å². The van der Waals surface area contributed by atoms with E-state index in [1.807, 2.05) is 24.3 Å². The highest BCUT2D eigenvalue weighted by Crippen LogP contribution is 2.37. The zero-order chi connectivity index (χ0) is 19.2. The van der Waals surface area contributed by atoms with Gasteiger partial charge in [-0.05, 0) is 95.7 Å². The monoisotopic (exact) mass is 448 g/mol. The van der Waals surface area contributed by atoms with E-state index in [-0.39, 0.29) is 0 Å². The van der Waals surface area contributed by atoms with Crippen LogP contribution in [0.4, 0.5) is 0 Å². The van der Waals surface area contributed by atoms with Gasteiger partial charge in [-0.2, -0.15) is 0 Å². The number of halogens is 2. The number of aromatic amines is 1. The molecule has 144 valence electrons. The van der Waals surface area contributed by atoms with Crippen LogP contribution in [-0.2, 0) is 6.42 Å². The molecule has 0 atom stereocenters. The Balaban J connectivity index is 1.96. The molecule has 0 aliphatic rings. The van der Waals surface area contributed by atoms with Crippen molar-refractivity contribution in [3.05, 3.63) is 51.5 Å². The quantitative estimate of drug-likeness (QED) is 0.357. The van der Waals surface area contributed by atoms with Crippen molar-refractivity contribution < 1.29 is 4.74 Å². The molecule has 3 nitrogen and oxygen atoms in total. The molecule has 0 saturated heterocycles. The van der Waals surface area contributed by atoms with Crippen LogP contribution in [0.15, 0.2) is 40.9 Å². The van der Waals surface area contributed by atoms with Gasteiger partial charge in [0.25, 0.3) is 0 Å². The number of hydrogen-bond donors (Lipinski definition) is 2. The number of rotatable bonds is 9. The fourth-order valence-corrected chi connectivity index (χ4v) is 4.19. The van der Waals surface area contributed by atoms with E-state index in [2.05, 4.69) is 40.0 Å². The first-order chi connectivity index (χ1) is 13.1. The van der Waals surface area contributed by atoms with Crippen LogP contribution in [0.25, 0.3) is 22.2 Å². The molecule has 0 spiro atoms.